The smallest absolute Gasteiger partial charge is 0.227 e. The Bertz CT molecular complexity index is 1060. The number of hydrogen-bond acceptors (Lipinski definition) is 8. The van der Waals surface area contributed by atoms with E-state index in [0.717, 1.165) is 12.8 Å². The number of rotatable bonds is 4. The standard InChI is InChI=1S/C20H25N5O4/c1-11-8-17(26)25(19(11)27)12-4-6-24(7-5-12)20-22-14-10-16(29-3)15(28-2)9-13(14)18(21)23-20/h8-10,12,26-27H,4-7H2,1-3H3,(H2,21,22,23). The van der Waals surface area contributed by atoms with E-state index in [2.05, 4.69) is 14.9 Å². The maximum Gasteiger partial charge on any atom is 0.227 e. The minimum atomic E-state index is 0.0158. The van der Waals surface area contributed by atoms with Gasteiger partial charge in [0.15, 0.2) is 23.3 Å². The Labute approximate surface area is 168 Å². The third kappa shape index (κ3) is 3.22. The molecule has 0 amide bonds. The van der Waals surface area contributed by atoms with Gasteiger partial charge in [0.1, 0.15) is 5.82 Å². The number of piperidine rings is 1. The van der Waals surface area contributed by atoms with E-state index in [1.807, 2.05) is 0 Å². The number of aryl methyl sites for hydroxylation is 1. The van der Waals surface area contributed by atoms with Gasteiger partial charge >= 0.3 is 0 Å². The lowest BCUT2D eigenvalue weighted by Gasteiger charge is -2.33. The molecule has 4 rings (SSSR count). The average molecular weight is 399 g/mol. The number of nitrogen functional groups attached to an aromatic ring is 1. The van der Waals surface area contributed by atoms with Crippen LogP contribution in [0.15, 0.2) is 18.2 Å². The van der Waals surface area contributed by atoms with Crippen molar-refractivity contribution >= 4 is 22.7 Å². The second-order valence-corrected chi connectivity index (χ2v) is 7.23. The number of benzene rings is 1. The lowest BCUT2D eigenvalue weighted by atomic mass is 10.1. The fourth-order valence-electron chi connectivity index (χ4n) is 3.92. The first kappa shape index (κ1) is 19.0. The molecular weight excluding hydrogens is 374 g/mol. The molecule has 29 heavy (non-hydrogen) atoms. The van der Waals surface area contributed by atoms with Gasteiger partial charge in [0, 0.05) is 42.2 Å². The van der Waals surface area contributed by atoms with Gasteiger partial charge in [-0.25, -0.2) is 4.98 Å². The Morgan fingerprint density at radius 2 is 1.69 bits per heavy atom. The molecule has 1 aromatic carbocycles. The van der Waals surface area contributed by atoms with Crippen LogP contribution in [-0.2, 0) is 0 Å². The number of nitrogens with two attached hydrogens (primary N) is 1. The molecule has 0 atom stereocenters. The topological polar surface area (TPSA) is 119 Å². The molecule has 1 fully saturated rings. The van der Waals surface area contributed by atoms with Gasteiger partial charge in [-0.15, -0.1) is 0 Å². The Hall–Kier alpha value is -3.36. The number of methoxy groups -OCH3 is 2. The van der Waals surface area contributed by atoms with Crippen molar-refractivity contribution in [1.82, 2.24) is 14.5 Å². The maximum absolute atomic E-state index is 10.2. The summed E-state index contributed by atoms with van der Waals surface area (Å²) in [5, 5.41) is 21.1. The number of nitrogens with zero attached hydrogens (tertiary/aromatic N) is 4. The lowest BCUT2D eigenvalue weighted by molar-refractivity contribution is 0.299. The van der Waals surface area contributed by atoms with Gasteiger partial charge in [0.05, 0.1) is 19.7 Å². The summed E-state index contributed by atoms with van der Waals surface area (Å²) >= 11 is 0. The molecule has 0 bridgehead atoms. The van der Waals surface area contributed by atoms with Crippen molar-refractivity contribution in [3.63, 3.8) is 0 Å². The minimum Gasteiger partial charge on any atom is -0.494 e. The molecule has 9 nitrogen and oxygen atoms in total. The Morgan fingerprint density at radius 1 is 1.03 bits per heavy atom. The summed E-state index contributed by atoms with van der Waals surface area (Å²) in [6.07, 6.45) is 1.48. The van der Waals surface area contributed by atoms with Crippen LogP contribution >= 0.6 is 0 Å². The third-order valence-electron chi connectivity index (χ3n) is 5.50. The molecular formula is C20H25N5O4. The first-order chi connectivity index (χ1) is 13.9. The highest BCUT2D eigenvalue weighted by atomic mass is 16.5. The van der Waals surface area contributed by atoms with Crippen molar-refractivity contribution in [2.24, 2.45) is 0 Å². The highest BCUT2D eigenvalue weighted by Gasteiger charge is 2.27. The van der Waals surface area contributed by atoms with Gasteiger partial charge in [-0.1, -0.05) is 0 Å². The van der Waals surface area contributed by atoms with Crippen molar-refractivity contribution in [3.8, 4) is 23.3 Å². The van der Waals surface area contributed by atoms with Crippen LogP contribution in [0.1, 0.15) is 24.4 Å². The summed E-state index contributed by atoms with van der Waals surface area (Å²) in [5.74, 6) is 2.29. The minimum absolute atomic E-state index is 0.0158. The van der Waals surface area contributed by atoms with E-state index in [4.69, 9.17) is 15.2 Å². The van der Waals surface area contributed by atoms with Crippen LogP contribution in [0.5, 0.6) is 23.3 Å². The number of aromatic hydroxyl groups is 2. The number of hydrogen-bond donors (Lipinski definition) is 3. The predicted molar refractivity (Wildman–Crippen MR) is 110 cm³/mol. The predicted octanol–water partition coefficient (Wildman–Crippen LogP) is 2.59. The Morgan fingerprint density at radius 3 is 2.28 bits per heavy atom. The highest BCUT2D eigenvalue weighted by molar-refractivity contribution is 5.91. The molecule has 2 aromatic heterocycles. The first-order valence-corrected chi connectivity index (χ1v) is 9.47. The quantitative estimate of drug-likeness (QED) is 0.612. The molecule has 0 spiro atoms. The Balaban J connectivity index is 1.59. The van der Waals surface area contributed by atoms with Crippen LogP contribution in [0.2, 0.25) is 0 Å². The Kier molecular flexibility index (Phi) is 4.73. The molecule has 0 radical (unpaired) electrons. The van der Waals surface area contributed by atoms with Crippen molar-refractivity contribution in [2.75, 3.05) is 37.9 Å². The molecule has 0 unspecified atom stereocenters. The van der Waals surface area contributed by atoms with E-state index in [1.54, 1.807) is 43.9 Å². The fraction of sp³-hybridized carbons (Fsp3) is 0.400. The summed E-state index contributed by atoms with van der Waals surface area (Å²) in [6, 6.07) is 5.17. The summed E-state index contributed by atoms with van der Waals surface area (Å²) < 4.78 is 12.3. The van der Waals surface area contributed by atoms with E-state index < -0.39 is 0 Å². The zero-order chi connectivity index (χ0) is 20.7. The zero-order valence-corrected chi connectivity index (χ0v) is 16.7. The van der Waals surface area contributed by atoms with E-state index in [-0.39, 0.29) is 17.8 Å². The van der Waals surface area contributed by atoms with Crippen LogP contribution in [-0.4, -0.2) is 52.1 Å². The first-order valence-electron chi connectivity index (χ1n) is 9.47. The highest BCUT2D eigenvalue weighted by Crippen LogP contribution is 2.37. The van der Waals surface area contributed by atoms with Gasteiger partial charge in [0.25, 0.3) is 0 Å². The molecule has 3 aromatic rings. The van der Waals surface area contributed by atoms with Crippen LogP contribution < -0.4 is 20.1 Å². The molecule has 4 N–H and O–H groups in total. The van der Waals surface area contributed by atoms with Crippen molar-refractivity contribution < 1.29 is 19.7 Å². The average Bonchev–Trinajstić information content (AvgIpc) is 2.98. The zero-order valence-electron chi connectivity index (χ0n) is 16.7. The van der Waals surface area contributed by atoms with Gasteiger partial charge < -0.3 is 30.3 Å². The summed E-state index contributed by atoms with van der Waals surface area (Å²) in [5.41, 5.74) is 7.55. The van der Waals surface area contributed by atoms with Crippen molar-refractivity contribution in [3.05, 3.63) is 23.8 Å². The summed E-state index contributed by atoms with van der Waals surface area (Å²) in [4.78, 5) is 11.2. The van der Waals surface area contributed by atoms with E-state index in [0.29, 0.717) is 52.8 Å². The number of aromatic nitrogens is 3. The largest absolute Gasteiger partial charge is 0.494 e. The fourth-order valence-corrected chi connectivity index (χ4v) is 3.92. The molecule has 1 aliphatic rings. The van der Waals surface area contributed by atoms with Crippen LogP contribution in [0, 0.1) is 6.92 Å². The van der Waals surface area contributed by atoms with E-state index in [1.165, 1.54) is 0 Å². The normalized spacial score (nSPS) is 15.1. The van der Waals surface area contributed by atoms with Crippen molar-refractivity contribution in [2.45, 2.75) is 25.8 Å². The van der Waals surface area contributed by atoms with Crippen molar-refractivity contribution in [1.29, 1.82) is 0 Å². The van der Waals surface area contributed by atoms with Gasteiger partial charge in [-0.05, 0) is 25.8 Å². The monoisotopic (exact) mass is 399 g/mol. The molecule has 3 heterocycles. The summed E-state index contributed by atoms with van der Waals surface area (Å²) in [6.45, 7) is 3.13. The second kappa shape index (κ2) is 7.23. The van der Waals surface area contributed by atoms with Gasteiger partial charge in [-0.3, -0.25) is 4.57 Å². The summed E-state index contributed by atoms with van der Waals surface area (Å²) in [7, 11) is 3.15. The molecule has 1 saturated heterocycles. The SMILES string of the molecule is COc1cc2nc(N3CCC(n4c(O)cc(C)c4O)CC3)nc(N)c2cc1OC. The molecule has 9 heteroatoms. The van der Waals surface area contributed by atoms with Crippen LogP contribution in [0.25, 0.3) is 10.9 Å². The molecule has 154 valence electrons. The van der Waals surface area contributed by atoms with Gasteiger partial charge in [0.2, 0.25) is 5.95 Å². The number of anilines is 2. The van der Waals surface area contributed by atoms with Crippen LogP contribution in [0.4, 0.5) is 11.8 Å². The molecule has 0 saturated carbocycles. The number of fused-ring (bicyclic) bond motifs is 1. The number of ether oxygens (including phenoxy) is 2. The molecule has 1 aliphatic heterocycles. The molecule has 0 aliphatic carbocycles. The van der Waals surface area contributed by atoms with Crippen LogP contribution in [0.3, 0.4) is 0 Å². The van der Waals surface area contributed by atoms with Gasteiger partial charge in [-0.2, -0.15) is 4.98 Å². The lowest BCUT2D eigenvalue weighted by Crippen LogP contribution is -2.35. The second-order valence-electron chi connectivity index (χ2n) is 7.23. The van der Waals surface area contributed by atoms with E-state index in [9.17, 15) is 10.2 Å². The third-order valence-corrected chi connectivity index (χ3v) is 5.50. The van der Waals surface area contributed by atoms with E-state index >= 15 is 0 Å². The maximum atomic E-state index is 10.2.